The fourth-order valence-corrected chi connectivity index (χ4v) is 2.74. The third-order valence-corrected chi connectivity index (χ3v) is 4.11. The van der Waals surface area contributed by atoms with E-state index in [2.05, 4.69) is 25.8 Å². The van der Waals surface area contributed by atoms with Crippen molar-refractivity contribution in [3.63, 3.8) is 0 Å². The first-order valence-electron chi connectivity index (χ1n) is 8.90. The number of amides is 2. The number of pyridine rings is 1. The summed E-state index contributed by atoms with van der Waals surface area (Å²) in [6, 6.07) is 10.4. The molecule has 1 aromatic carbocycles. The second-order valence-corrected chi connectivity index (χ2v) is 6.06. The zero-order chi connectivity index (χ0) is 19.8. The van der Waals surface area contributed by atoms with E-state index in [1.165, 1.54) is 0 Å². The Morgan fingerprint density at radius 2 is 2.11 bits per heavy atom. The fraction of sp³-hybridized carbons (Fsp3) is 0.316. The predicted molar refractivity (Wildman–Crippen MR) is 104 cm³/mol. The topological polar surface area (TPSA) is 121 Å². The first-order valence-corrected chi connectivity index (χ1v) is 8.90. The van der Waals surface area contributed by atoms with Crippen LogP contribution in [0.25, 0.3) is 10.9 Å². The van der Waals surface area contributed by atoms with E-state index in [0.29, 0.717) is 42.2 Å². The van der Waals surface area contributed by atoms with Gasteiger partial charge in [-0.2, -0.15) is 0 Å². The highest BCUT2D eigenvalue weighted by atomic mass is 16.5. The number of hydrogen-bond donors (Lipinski definition) is 4. The van der Waals surface area contributed by atoms with E-state index in [0.717, 1.165) is 5.56 Å². The first kappa shape index (κ1) is 19.6. The third-order valence-electron chi connectivity index (χ3n) is 4.11. The van der Waals surface area contributed by atoms with Gasteiger partial charge >= 0.3 is 6.03 Å². The average molecular weight is 385 g/mol. The first-order chi connectivity index (χ1) is 13.7. The summed E-state index contributed by atoms with van der Waals surface area (Å²) in [5.74, 6) is 0.801. The van der Waals surface area contributed by atoms with Gasteiger partial charge in [0.05, 0.1) is 23.6 Å². The lowest BCUT2D eigenvalue weighted by molar-refractivity contribution is 0.144. The Kier molecular flexibility index (Phi) is 6.77. The Hall–Kier alpha value is -3.17. The summed E-state index contributed by atoms with van der Waals surface area (Å²) in [5, 5.41) is 22.5. The Morgan fingerprint density at radius 3 is 2.86 bits per heavy atom. The van der Waals surface area contributed by atoms with E-state index < -0.39 is 6.03 Å². The van der Waals surface area contributed by atoms with Gasteiger partial charge in [-0.1, -0.05) is 30.3 Å². The van der Waals surface area contributed by atoms with Crippen LogP contribution in [0.3, 0.4) is 0 Å². The van der Waals surface area contributed by atoms with Gasteiger partial charge in [0.15, 0.2) is 0 Å². The lowest BCUT2D eigenvalue weighted by Gasteiger charge is -2.18. The van der Waals surface area contributed by atoms with E-state index in [9.17, 15) is 9.90 Å². The monoisotopic (exact) mass is 385 g/mol. The van der Waals surface area contributed by atoms with Crippen molar-refractivity contribution in [1.82, 2.24) is 20.5 Å². The number of carbonyl (C=O) groups is 1. The molecule has 0 fully saturated rings. The number of rotatable bonds is 9. The Labute approximate surface area is 162 Å². The van der Waals surface area contributed by atoms with E-state index >= 15 is 0 Å². The number of aliphatic hydroxyl groups is 1. The summed E-state index contributed by atoms with van der Waals surface area (Å²) in [5.41, 5.74) is 1.61. The number of anilines is 1. The number of methoxy groups -OCH3 is 1. The number of hydrogen-bond acceptors (Lipinski definition) is 6. The van der Waals surface area contributed by atoms with Crippen LogP contribution in [-0.2, 0) is 4.74 Å². The number of urea groups is 1. The minimum absolute atomic E-state index is 0.0377. The molecule has 3 aromatic rings. The molecule has 2 amide bonds. The third kappa shape index (κ3) is 4.96. The van der Waals surface area contributed by atoms with Gasteiger partial charge in [-0.15, -0.1) is 5.10 Å². The van der Waals surface area contributed by atoms with Crippen molar-refractivity contribution in [3.8, 4) is 5.88 Å². The van der Waals surface area contributed by atoms with Crippen LogP contribution < -0.4 is 15.4 Å². The lowest BCUT2D eigenvalue weighted by atomic mass is 10.0. The molecule has 2 heterocycles. The molecule has 0 aliphatic heterocycles. The maximum atomic E-state index is 12.4. The van der Waals surface area contributed by atoms with Crippen molar-refractivity contribution in [2.24, 2.45) is 0 Å². The second kappa shape index (κ2) is 9.67. The molecule has 0 radical (unpaired) electrons. The molecular weight excluding hydrogens is 362 g/mol. The van der Waals surface area contributed by atoms with E-state index in [4.69, 9.17) is 9.47 Å². The van der Waals surface area contributed by atoms with Crippen LogP contribution in [0.1, 0.15) is 18.0 Å². The predicted octanol–water partition coefficient (Wildman–Crippen LogP) is 2.23. The van der Waals surface area contributed by atoms with Gasteiger partial charge in [-0.25, -0.2) is 9.78 Å². The summed E-state index contributed by atoms with van der Waals surface area (Å²) in [6.45, 7) is 0.798. The van der Waals surface area contributed by atoms with Crippen molar-refractivity contribution in [1.29, 1.82) is 0 Å². The van der Waals surface area contributed by atoms with Crippen LogP contribution in [0.15, 0.2) is 42.6 Å². The largest absolute Gasteiger partial charge is 0.474 e. The molecule has 148 valence electrons. The Morgan fingerprint density at radius 1 is 1.29 bits per heavy atom. The van der Waals surface area contributed by atoms with Crippen LogP contribution in [0, 0.1) is 0 Å². The number of ether oxygens (including phenoxy) is 2. The van der Waals surface area contributed by atoms with Gasteiger partial charge in [-0.3, -0.25) is 10.4 Å². The van der Waals surface area contributed by atoms with Crippen LogP contribution in [0.5, 0.6) is 5.88 Å². The highest BCUT2D eigenvalue weighted by Gasteiger charge is 2.15. The summed E-state index contributed by atoms with van der Waals surface area (Å²) in [6.07, 6.45) is 1.99. The highest BCUT2D eigenvalue weighted by molar-refractivity contribution is 5.92. The van der Waals surface area contributed by atoms with Gasteiger partial charge in [0.1, 0.15) is 12.4 Å². The molecule has 1 unspecified atom stereocenters. The quantitative estimate of drug-likeness (QED) is 0.419. The summed E-state index contributed by atoms with van der Waals surface area (Å²) in [4.78, 5) is 16.6. The SMILES string of the molecule is COCCOc1n[nH]c2cc(NC(=O)NC(CCO)c3ccccc3)ncc12. The zero-order valence-electron chi connectivity index (χ0n) is 15.5. The molecule has 28 heavy (non-hydrogen) atoms. The number of aromatic amines is 1. The van der Waals surface area contributed by atoms with Crippen molar-refractivity contribution in [2.45, 2.75) is 12.5 Å². The fourth-order valence-electron chi connectivity index (χ4n) is 2.74. The smallest absolute Gasteiger partial charge is 0.320 e. The van der Waals surface area contributed by atoms with E-state index in [1.807, 2.05) is 30.3 Å². The molecule has 0 saturated carbocycles. The van der Waals surface area contributed by atoms with Gasteiger partial charge in [-0.05, 0) is 12.0 Å². The van der Waals surface area contributed by atoms with Crippen molar-refractivity contribution < 1.29 is 19.4 Å². The number of nitrogens with zero attached hydrogens (tertiary/aromatic N) is 2. The van der Waals surface area contributed by atoms with Crippen LogP contribution >= 0.6 is 0 Å². The standard InChI is InChI=1S/C19H23N5O4/c1-27-9-10-28-18-14-12-20-17(11-16(14)23-24-18)22-19(26)21-15(7-8-25)13-5-3-2-4-6-13/h2-6,11-12,15,25H,7-10H2,1H3,(H,23,24)(H2,20,21,22,26). The van der Waals surface area contributed by atoms with Crippen LogP contribution in [0.2, 0.25) is 0 Å². The van der Waals surface area contributed by atoms with Crippen LogP contribution in [-0.4, -0.2) is 53.2 Å². The van der Waals surface area contributed by atoms with E-state index in [-0.39, 0.29) is 12.6 Å². The molecule has 0 aliphatic rings. The number of benzene rings is 1. The molecule has 0 saturated heterocycles. The average Bonchev–Trinajstić information content (AvgIpc) is 3.11. The summed E-state index contributed by atoms with van der Waals surface area (Å²) >= 11 is 0. The minimum Gasteiger partial charge on any atom is -0.474 e. The molecule has 0 bridgehead atoms. The normalized spacial score (nSPS) is 11.9. The van der Waals surface area contributed by atoms with Crippen LogP contribution in [0.4, 0.5) is 10.6 Å². The number of aromatic nitrogens is 3. The van der Waals surface area contributed by atoms with Crippen molar-refractivity contribution >= 4 is 22.8 Å². The summed E-state index contributed by atoms with van der Waals surface area (Å²) in [7, 11) is 1.60. The lowest BCUT2D eigenvalue weighted by Crippen LogP contribution is -2.33. The molecule has 2 aromatic heterocycles. The summed E-state index contributed by atoms with van der Waals surface area (Å²) < 4.78 is 10.5. The minimum atomic E-state index is -0.412. The number of H-pyrrole nitrogens is 1. The second-order valence-electron chi connectivity index (χ2n) is 6.06. The van der Waals surface area contributed by atoms with Gasteiger partial charge < -0.3 is 19.9 Å². The molecule has 4 N–H and O–H groups in total. The van der Waals surface area contributed by atoms with Gasteiger partial charge in [0, 0.05) is 26.0 Å². The molecule has 0 spiro atoms. The molecule has 9 heteroatoms. The Balaban J connectivity index is 1.65. The number of carbonyl (C=O) groups excluding carboxylic acids is 1. The molecular formula is C19H23N5O4. The number of aliphatic hydroxyl groups excluding tert-OH is 1. The number of nitrogens with one attached hydrogen (secondary N) is 3. The molecule has 3 rings (SSSR count). The number of fused-ring (bicyclic) bond motifs is 1. The molecule has 0 aliphatic carbocycles. The maximum absolute atomic E-state index is 12.4. The molecule has 9 nitrogen and oxygen atoms in total. The van der Waals surface area contributed by atoms with Gasteiger partial charge in [0.2, 0.25) is 5.88 Å². The highest BCUT2D eigenvalue weighted by Crippen LogP contribution is 2.23. The molecule has 1 atom stereocenters. The van der Waals surface area contributed by atoms with E-state index in [1.54, 1.807) is 19.4 Å². The van der Waals surface area contributed by atoms with Gasteiger partial charge in [0.25, 0.3) is 0 Å². The maximum Gasteiger partial charge on any atom is 0.320 e. The zero-order valence-corrected chi connectivity index (χ0v) is 15.5. The Bertz CT molecular complexity index is 900. The van der Waals surface area contributed by atoms with Crippen molar-refractivity contribution in [2.75, 3.05) is 32.2 Å². The van der Waals surface area contributed by atoms with Crippen molar-refractivity contribution in [3.05, 3.63) is 48.2 Å².